The lowest BCUT2D eigenvalue weighted by molar-refractivity contribution is 0.0936. The van der Waals surface area contributed by atoms with Crippen LogP contribution in [-0.4, -0.2) is 17.9 Å². The molecule has 1 atom stereocenters. The second-order valence-corrected chi connectivity index (χ2v) is 8.63. The Bertz CT molecular complexity index is 1150. The predicted molar refractivity (Wildman–Crippen MR) is 121 cm³/mol. The number of carbonyl (C=O) groups is 2. The van der Waals surface area contributed by atoms with Gasteiger partial charge >= 0.3 is 0 Å². The summed E-state index contributed by atoms with van der Waals surface area (Å²) < 4.78 is 14.4. The molecular formula is C25H23FN2O2S. The fourth-order valence-electron chi connectivity index (χ4n) is 3.42. The number of fused-ring (bicyclic) bond motifs is 2. The van der Waals surface area contributed by atoms with Crippen LogP contribution in [0.3, 0.4) is 0 Å². The molecule has 0 saturated heterocycles. The van der Waals surface area contributed by atoms with Gasteiger partial charge in [-0.25, -0.2) is 4.39 Å². The first kappa shape index (κ1) is 21.1. The molecule has 31 heavy (non-hydrogen) atoms. The summed E-state index contributed by atoms with van der Waals surface area (Å²) in [6, 6.07) is 19.2. The van der Waals surface area contributed by atoms with Crippen molar-refractivity contribution in [2.45, 2.75) is 42.6 Å². The van der Waals surface area contributed by atoms with Gasteiger partial charge in [0.15, 0.2) is 0 Å². The molecule has 1 heterocycles. The largest absolute Gasteiger partial charge is 0.350 e. The van der Waals surface area contributed by atoms with Crippen molar-refractivity contribution in [3.63, 3.8) is 0 Å². The van der Waals surface area contributed by atoms with E-state index in [0.29, 0.717) is 22.4 Å². The summed E-state index contributed by atoms with van der Waals surface area (Å²) in [5.41, 5.74) is 2.05. The fourth-order valence-corrected chi connectivity index (χ4v) is 4.48. The number of halogens is 1. The first-order valence-corrected chi connectivity index (χ1v) is 11.1. The Morgan fingerprint density at radius 2 is 1.81 bits per heavy atom. The number of carbonyl (C=O) groups excluding carboxylic acids is 2. The molecule has 4 rings (SSSR count). The van der Waals surface area contributed by atoms with Crippen LogP contribution >= 0.6 is 11.8 Å². The minimum atomic E-state index is -0.368. The summed E-state index contributed by atoms with van der Waals surface area (Å²) in [5, 5.41) is 2.96. The maximum absolute atomic E-state index is 14.4. The summed E-state index contributed by atoms with van der Waals surface area (Å²) in [5.74, 6) is -0.778. The number of nitrogens with zero attached hydrogens (tertiary/aromatic N) is 1. The average Bonchev–Trinajstić information content (AvgIpc) is 2.89. The van der Waals surface area contributed by atoms with Crippen molar-refractivity contribution < 1.29 is 14.0 Å². The van der Waals surface area contributed by atoms with Gasteiger partial charge in [-0.3, -0.25) is 9.59 Å². The SMILES string of the molecule is CCC(C)NC(=O)c1ccc2c(c1)N(Cc1ccccc1F)C(=O)c1ccccc1S2. The highest BCUT2D eigenvalue weighted by Crippen LogP contribution is 2.42. The van der Waals surface area contributed by atoms with Crippen molar-refractivity contribution in [2.24, 2.45) is 0 Å². The number of anilines is 1. The zero-order valence-electron chi connectivity index (χ0n) is 17.4. The van der Waals surface area contributed by atoms with Crippen molar-refractivity contribution in [3.8, 4) is 0 Å². The lowest BCUT2D eigenvalue weighted by Gasteiger charge is -2.24. The van der Waals surface area contributed by atoms with Gasteiger partial charge in [0, 0.05) is 27.0 Å². The first-order chi connectivity index (χ1) is 15.0. The van der Waals surface area contributed by atoms with Crippen molar-refractivity contribution >= 4 is 29.3 Å². The molecule has 1 N–H and O–H groups in total. The van der Waals surface area contributed by atoms with Crippen LogP contribution in [-0.2, 0) is 6.54 Å². The summed E-state index contributed by atoms with van der Waals surface area (Å²) in [4.78, 5) is 29.5. The van der Waals surface area contributed by atoms with Gasteiger partial charge in [0.05, 0.1) is 17.8 Å². The highest BCUT2D eigenvalue weighted by Gasteiger charge is 2.28. The highest BCUT2D eigenvalue weighted by molar-refractivity contribution is 7.99. The van der Waals surface area contributed by atoms with Crippen LogP contribution in [0.15, 0.2) is 76.5 Å². The van der Waals surface area contributed by atoms with E-state index in [1.807, 2.05) is 38.1 Å². The lowest BCUT2D eigenvalue weighted by Crippen LogP contribution is -2.33. The van der Waals surface area contributed by atoms with Gasteiger partial charge < -0.3 is 10.2 Å². The molecule has 1 aliphatic heterocycles. The lowest BCUT2D eigenvalue weighted by atomic mass is 10.1. The van der Waals surface area contributed by atoms with Crippen molar-refractivity contribution in [2.75, 3.05) is 4.90 Å². The molecule has 1 unspecified atom stereocenters. The number of rotatable bonds is 5. The topological polar surface area (TPSA) is 49.4 Å². The molecule has 0 saturated carbocycles. The third kappa shape index (κ3) is 4.35. The van der Waals surface area contributed by atoms with E-state index < -0.39 is 0 Å². The predicted octanol–water partition coefficient (Wildman–Crippen LogP) is 5.67. The molecule has 0 aromatic heterocycles. The smallest absolute Gasteiger partial charge is 0.259 e. The van der Waals surface area contributed by atoms with Crippen molar-refractivity contribution in [3.05, 3.63) is 89.2 Å². The average molecular weight is 435 g/mol. The number of amides is 2. The zero-order valence-corrected chi connectivity index (χ0v) is 18.2. The minimum absolute atomic E-state index is 0.0427. The molecule has 0 fully saturated rings. The molecule has 1 aliphatic rings. The monoisotopic (exact) mass is 434 g/mol. The maximum Gasteiger partial charge on any atom is 0.259 e. The Kier molecular flexibility index (Phi) is 6.09. The number of benzene rings is 3. The normalized spacial score (nSPS) is 13.8. The second kappa shape index (κ2) is 8.94. The molecule has 3 aromatic carbocycles. The van der Waals surface area contributed by atoms with E-state index in [9.17, 15) is 14.0 Å². The van der Waals surface area contributed by atoms with E-state index >= 15 is 0 Å². The molecule has 0 radical (unpaired) electrons. The third-order valence-electron chi connectivity index (χ3n) is 5.37. The van der Waals surface area contributed by atoms with Gasteiger partial charge in [-0.1, -0.05) is 49.0 Å². The first-order valence-electron chi connectivity index (χ1n) is 10.2. The van der Waals surface area contributed by atoms with Crippen LogP contribution < -0.4 is 10.2 Å². The Morgan fingerprint density at radius 3 is 2.58 bits per heavy atom. The minimum Gasteiger partial charge on any atom is -0.350 e. The standard InChI is InChI=1S/C25H23FN2O2S/c1-3-16(2)27-24(29)17-12-13-23-21(14-17)28(15-18-8-4-6-10-20(18)26)25(30)19-9-5-7-11-22(19)31-23/h4-14,16H,3,15H2,1-2H3,(H,27,29). The summed E-state index contributed by atoms with van der Waals surface area (Å²) in [7, 11) is 0. The highest BCUT2D eigenvalue weighted by atomic mass is 32.2. The van der Waals surface area contributed by atoms with Crippen LogP contribution in [0.5, 0.6) is 0 Å². The van der Waals surface area contributed by atoms with E-state index in [1.54, 1.807) is 41.3 Å². The quantitative estimate of drug-likeness (QED) is 0.563. The fraction of sp³-hybridized carbons (Fsp3) is 0.200. The molecule has 0 aliphatic carbocycles. The van der Waals surface area contributed by atoms with Crippen LogP contribution in [0.1, 0.15) is 46.5 Å². The Balaban J connectivity index is 1.80. The van der Waals surface area contributed by atoms with E-state index in [-0.39, 0.29) is 30.2 Å². The molecule has 2 amide bonds. The second-order valence-electron chi connectivity index (χ2n) is 7.55. The molecule has 158 valence electrons. The summed E-state index contributed by atoms with van der Waals surface area (Å²) >= 11 is 1.48. The van der Waals surface area contributed by atoms with Crippen molar-refractivity contribution in [1.82, 2.24) is 5.32 Å². The van der Waals surface area contributed by atoms with E-state index in [0.717, 1.165) is 16.2 Å². The molecule has 3 aromatic rings. The van der Waals surface area contributed by atoms with Gasteiger partial charge in [0.25, 0.3) is 11.8 Å². The summed E-state index contributed by atoms with van der Waals surface area (Å²) in [6.45, 7) is 4.02. The van der Waals surface area contributed by atoms with Gasteiger partial charge in [-0.15, -0.1) is 0 Å². The Morgan fingerprint density at radius 1 is 1.06 bits per heavy atom. The van der Waals surface area contributed by atoms with E-state index in [4.69, 9.17) is 0 Å². The number of nitrogens with one attached hydrogen (secondary N) is 1. The van der Waals surface area contributed by atoms with Crippen LogP contribution in [0.4, 0.5) is 10.1 Å². The molecule has 0 bridgehead atoms. The van der Waals surface area contributed by atoms with E-state index in [1.165, 1.54) is 17.8 Å². The number of hydrogen-bond donors (Lipinski definition) is 1. The molecular weight excluding hydrogens is 411 g/mol. The maximum atomic E-state index is 14.4. The zero-order chi connectivity index (χ0) is 22.0. The Hall–Kier alpha value is -3.12. The van der Waals surface area contributed by atoms with Crippen LogP contribution in [0.2, 0.25) is 0 Å². The summed E-state index contributed by atoms with van der Waals surface area (Å²) in [6.07, 6.45) is 0.819. The van der Waals surface area contributed by atoms with Gasteiger partial charge in [-0.2, -0.15) is 0 Å². The van der Waals surface area contributed by atoms with Crippen LogP contribution in [0.25, 0.3) is 0 Å². The Labute approximate surface area is 185 Å². The third-order valence-corrected chi connectivity index (χ3v) is 6.51. The number of hydrogen-bond acceptors (Lipinski definition) is 3. The van der Waals surface area contributed by atoms with Gasteiger partial charge in [-0.05, 0) is 49.7 Å². The molecule has 4 nitrogen and oxygen atoms in total. The molecule has 6 heteroatoms. The van der Waals surface area contributed by atoms with Crippen LogP contribution in [0, 0.1) is 5.82 Å². The van der Waals surface area contributed by atoms with Gasteiger partial charge in [0.2, 0.25) is 0 Å². The van der Waals surface area contributed by atoms with Crippen molar-refractivity contribution in [1.29, 1.82) is 0 Å². The molecule has 0 spiro atoms. The van der Waals surface area contributed by atoms with E-state index in [2.05, 4.69) is 5.32 Å². The van der Waals surface area contributed by atoms with Gasteiger partial charge in [0.1, 0.15) is 5.82 Å².